The quantitative estimate of drug-likeness (QED) is 0.511. The first-order chi connectivity index (χ1) is 14.6. The summed E-state index contributed by atoms with van der Waals surface area (Å²) in [6, 6.07) is 14.1. The van der Waals surface area contributed by atoms with Gasteiger partial charge in [0, 0.05) is 49.3 Å². The standard InChI is InChI=1S/C23H28N4O2S/c1-18-5-8-20(9-6-18)25-23(30)27(13-4-12-26-14-11-24-17-26)16-19-7-10-21(28-2)15-22(19)29-3/h5-11,14-15,17H,4,12-13,16H2,1-3H3,(H,25,30). The molecule has 1 N–H and O–H groups in total. The summed E-state index contributed by atoms with van der Waals surface area (Å²) in [7, 11) is 3.32. The summed E-state index contributed by atoms with van der Waals surface area (Å²) in [5, 5.41) is 4.05. The average Bonchev–Trinajstić information content (AvgIpc) is 3.28. The monoisotopic (exact) mass is 424 g/mol. The maximum atomic E-state index is 5.76. The minimum atomic E-state index is 0.634. The summed E-state index contributed by atoms with van der Waals surface area (Å²) in [5.74, 6) is 1.55. The molecule has 1 aromatic heterocycles. The highest BCUT2D eigenvalue weighted by Gasteiger charge is 2.14. The normalized spacial score (nSPS) is 10.5. The van der Waals surface area contributed by atoms with E-state index in [1.807, 2.05) is 42.9 Å². The van der Waals surface area contributed by atoms with Crippen LogP contribution in [-0.4, -0.2) is 40.3 Å². The second kappa shape index (κ2) is 10.6. The number of thiocarbonyl (C=S) groups is 1. The van der Waals surface area contributed by atoms with Gasteiger partial charge in [0.2, 0.25) is 0 Å². The van der Waals surface area contributed by atoms with Gasteiger partial charge in [-0.3, -0.25) is 0 Å². The Morgan fingerprint density at radius 2 is 1.93 bits per heavy atom. The average molecular weight is 425 g/mol. The van der Waals surface area contributed by atoms with Crippen LogP contribution >= 0.6 is 12.2 Å². The highest BCUT2D eigenvalue weighted by molar-refractivity contribution is 7.80. The van der Waals surface area contributed by atoms with Crippen LogP contribution in [-0.2, 0) is 13.1 Å². The van der Waals surface area contributed by atoms with Crippen molar-refractivity contribution in [1.29, 1.82) is 0 Å². The largest absolute Gasteiger partial charge is 0.497 e. The summed E-state index contributed by atoms with van der Waals surface area (Å²) in [6.45, 7) is 4.38. The van der Waals surface area contributed by atoms with Crippen LogP contribution in [0.4, 0.5) is 5.69 Å². The van der Waals surface area contributed by atoms with E-state index < -0.39 is 0 Å². The Morgan fingerprint density at radius 1 is 1.13 bits per heavy atom. The molecular formula is C23H28N4O2S. The minimum absolute atomic E-state index is 0.634. The van der Waals surface area contributed by atoms with E-state index in [0.717, 1.165) is 42.3 Å². The number of nitrogens with zero attached hydrogens (tertiary/aromatic N) is 3. The number of benzene rings is 2. The van der Waals surface area contributed by atoms with Gasteiger partial charge < -0.3 is 24.3 Å². The van der Waals surface area contributed by atoms with E-state index in [1.54, 1.807) is 20.4 Å². The summed E-state index contributed by atoms with van der Waals surface area (Å²) in [4.78, 5) is 6.27. The first kappa shape index (κ1) is 21.6. The fourth-order valence-electron chi connectivity index (χ4n) is 3.14. The van der Waals surface area contributed by atoms with E-state index in [2.05, 4.69) is 38.8 Å². The van der Waals surface area contributed by atoms with Gasteiger partial charge in [0.1, 0.15) is 11.5 Å². The number of rotatable bonds is 9. The first-order valence-electron chi connectivity index (χ1n) is 9.88. The smallest absolute Gasteiger partial charge is 0.173 e. The van der Waals surface area contributed by atoms with Crippen LogP contribution in [0.2, 0.25) is 0 Å². The number of methoxy groups -OCH3 is 2. The molecule has 0 aliphatic carbocycles. The molecule has 0 atom stereocenters. The molecule has 0 unspecified atom stereocenters. The zero-order valence-electron chi connectivity index (χ0n) is 17.7. The van der Waals surface area contributed by atoms with Gasteiger partial charge >= 0.3 is 0 Å². The van der Waals surface area contributed by atoms with Crippen molar-refractivity contribution in [3.63, 3.8) is 0 Å². The van der Waals surface area contributed by atoms with E-state index in [9.17, 15) is 0 Å². The Balaban J connectivity index is 1.73. The van der Waals surface area contributed by atoms with Crippen LogP contribution in [0.1, 0.15) is 17.5 Å². The van der Waals surface area contributed by atoms with Crippen LogP contribution < -0.4 is 14.8 Å². The van der Waals surface area contributed by atoms with Crippen molar-refractivity contribution >= 4 is 23.0 Å². The van der Waals surface area contributed by atoms with Crippen LogP contribution in [0.25, 0.3) is 0 Å². The Morgan fingerprint density at radius 3 is 2.60 bits per heavy atom. The van der Waals surface area contributed by atoms with Crippen molar-refractivity contribution < 1.29 is 9.47 Å². The molecule has 158 valence electrons. The summed E-state index contributed by atoms with van der Waals surface area (Å²) < 4.78 is 13.0. The molecule has 1 heterocycles. The maximum absolute atomic E-state index is 5.76. The van der Waals surface area contributed by atoms with Crippen molar-refractivity contribution in [3.05, 3.63) is 72.3 Å². The van der Waals surface area contributed by atoms with Crippen LogP contribution in [0, 0.1) is 6.92 Å². The number of aryl methyl sites for hydroxylation is 2. The summed E-state index contributed by atoms with van der Waals surface area (Å²) in [6.07, 6.45) is 6.54. The van der Waals surface area contributed by atoms with Crippen molar-refractivity contribution in [1.82, 2.24) is 14.5 Å². The molecular weight excluding hydrogens is 396 g/mol. The van der Waals surface area contributed by atoms with Crippen LogP contribution in [0.5, 0.6) is 11.5 Å². The number of imidazole rings is 1. The fraction of sp³-hybridized carbons (Fsp3) is 0.304. The lowest BCUT2D eigenvalue weighted by atomic mass is 10.1. The number of anilines is 1. The van der Waals surface area contributed by atoms with E-state index in [-0.39, 0.29) is 0 Å². The Kier molecular flexibility index (Phi) is 7.68. The molecule has 2 aromatic carbocycles. The van der Waals surface area contributed by atoms with Gasteiger partial charge in [-0.2, -0.15) is 0 Å². The zero-order valence-corrected chi connectivity index (χ0v) is 18.5. The Hall–Kier alpha value is -3.06. The molecule has 6 nitrogen and oxygen atoms in total. The number of nitrogens with one attached hydrogen (secondary N) is 1. The predicted molar refractivity (Wildman–Crippen MR) is 124 cm³/mol. The molecule has 0 bridgehead atoms. The second-order valence-corrected chi connectivity index (χ2v) is 7.44. The molecule has 0 saturated heterocycles. The van der Waals surface area contributed by atoms with Crippen LogP contribution in [0.15, 0.2) is 61.2 Å². The van der Waals surface area contributed by atoms with E-state index in [1.165, 1.54) is 5.56 Å². The highest BCUT2D eigenvalue weighted by Crippen LogP contribution is 2.26. The van der Waals surface area contributed by atoms with Crippen LogP contribution in [0.3, 0.4) is 0 Å². The van der Waals surface area contributed by atoms with E-state index >= 15 is 0 Å². The molecule has 30 heavy (non-hydrogen) atoms. The Bertz CT molecular complexity index is 942. The van der Waals surface area contributed by atoms with Crippen molar-refractivity contribution in [2.75, 3.05) is 26.1 Å². The van der Waals surface area contributed by atoms with Gasteiger partial charge in [-0.1, -0.05) is 17.7 Å². The molecule has 3 rings (SSSR count). The number of hydrogen-bond donors (Lipinski definition) is 1. The molecule has 0 radical (unpaired) electrons. The first-order valence-corrected chi connectivity index (χ1v) is 10.3. The molecule has 3 aromatic rings. The van der Waals surface area contributed by atoms with Gasteiger partial charge in [-0.15, -0.1) is 0 Å². The van der Waals surface area contributed by atoms with Gasteiger partial charge in [0.05, 0.1) is 20.5 Å². The molecule has 0 spiro atoms. The number of ether oxygens (including phenoxy) is 2. The van der Waals surface area contributed by atoms with Gasteiger partial charge in [-0.25, -0.2) is 4.98 Å². The SMILES string of the molecule is COc1ccc(CN(CCCn2ccnc2)C(=S)Nc2ccc(C)cc2)c(OC)c1. The molecule has 7 heteroatoms. The van der Waals surface area contributed by atoms with E-state index in [4.69, 9.17) is 21.7 Å². The van der Waals surface area contributed by atoms with Gasteiger partial charge in [-0.05, 0) is 49.8 Å². The van der Waals surface area contributed by atoms with Crippen molar-refractivity contribution in [2.45, 2.75) is 26.4 Å². The second-order valence-electron chi connectivity index (χ2n) is 7.05. The zero-order chi connectivity index (χ0) is 21.3. The molecule has 0 fully saturated rings. The third-order valence-electron chi connectivity index (χ3n) is 4.85. The topological polar surface area (TPSA) is 51.5 Å². The minimum Gasteiger partial charge on any atom is -0.497 e. The fourth-order valence-corrected chi connectivity index (χ4v) is 3.42. The molecule has 0 amide bonds. The van der Waals surface area contributed by atoms with Gasteiger partial charge in [0.25, 0.3) is 0 Å². The lowest BCUT2D eigenvalue weighted by Gasteiger charge is -2.27. The lowest BCUT2D eigenvalue weighted by molar-refractivity contribution is 0.366. The van der Waals surface area contributed by atoms with Gasteiger partial charge in [0.15, 0.2) is 5.11 Å². The molecule has 0 aliphatic heterocycles. The summed E-state index contributed by atoms with van der Waals surface area (Å²) >= 11 is 5.76. The Labute approximate surface area is 183 Å². The third kappa shape index (κ3) is 5.97. The molecule has 0 saturated carbocycles. The highest BCUT2D eigenvalue weighted by atomic mass is 32.1. The third-order valence-corrected chi connectivity index (χ3v) is 5.21. The number of aromatic nitrogens is 2. The molecule has 0 aliphatic rings. The van der Waals surface area contributed by atoms with E-state index in [0.29, 0.717) is 11.7 Å². The predicted octanol–water partition coefficient (Wildman–Crippen LogP) is 4.50. The van der Waals surface area contributed by atoms with Crippen molar-refractivity contribution in [3.8, 4) is 11.5 Å². The summed E-state index contributed by atoms with van der Waals surface area (Å²) in [5.41, 5.74) is 3.24. The number of hydrogen-bond acceptors (Lipinski definition) is 4. The lowest BCUT2D eigenvalue weighted by Crippen LogP contribution is -2.35. The van der Waals surface area contributed by atoms with Crippen molar-refractivity contribution in [2.24, 2.45) is 0 Å². The maximum Gasteiger partial charge on any atom is 0.173 e.